The van der Waals surface area contributed by atoms with Crippen LogP contribution in [0.15, 0.2) is 11.8 Å². The molecule has 0 rings (SSSR count). The standard InChI is InChI=1S/C8H11NO3/c1-3-11-5-8(4-9)6-12-7(2)10/h6H,3,5H2,1-2H3/b8-6+. The minimum atomic E-state index is -0.445. The lowest BCUT2D eigenvalue weighted by molar-refractivity contribution is -0.135. The molecule has 0 aromatic carbocycles. The summed E-state index contributed by atoms with van der Waals surface area (Å²) >= 11 is 0. The van der Waals surface area contributed by atoms with Gasteiger partial charge in [-0.25, -0.2) is 0 Å². The van der Waals surface area contributed by atoms with Gasteiger partial charge in [0.05, 0.1) is 12.2 Å². The second-order valence-corrected chi connectivity index (χ2v) is 2.00. The van der Waals surface area contributed by atoms with Crippen LogP contribution in [0.2, 0.25) is 0 Å². The van der Waals surface area contributed by atoms with Crippen molar-refractivity contribution in [2.45, 2.75) is 13.8 Å². The summed E-state index contributed by atoms with van der Waals surface area (Å²) in [4.78, 5) is 10.3. The highest BCUT2D eigenvalue weighted by atomic mass is 16.5. The van der Waals surface area contributed by atoms with Crippen LogP contribution in [0.25, 0.3) is 0 Å². The van der Waals surface area contributed by atoms with Crippen molar-refractivity contribution >= 4 is 5.97 Å². The molecule has 0 spiro atoms. The van der Waals surface area contributed by atoms with Gasteiger partial charge in [-0.1, -0.05) is 0 Å². The van der Waals surface area contributed by atoms with Crippen molar-refractivity contribution in [1.82, 2.24) is 0 Å². The van der Waals surface area contributed by atoms with E-state index in [9.17, 15) is 4.79 Å². The summed E-state index contributed by atoms with van der Waals surface area (Å²) in [5.41, 5.74) is 0.298. The maximum atomic E-state index is 10.3. The quantitative estimate of drug-likeness (QED) is 0.358. The van der Waals surface area contributed by atoms with Gasteiger partial charge in [0.1, 0.15) is 12.3 Å². The maximum absolute atomic E-state index is 10.3. The number of carbonyl (C=O) groups is 1. The summed E-state index contributed by atoms with van der Waals surface area (Å²) in [7, 11) is 0. The highest BCUT2D eigenvalue weighted by molar-refractivity contribution is 5.66. The van der Waals surface area contributed by atoms with Gasteiger partial charge in [0, 0.05) is 13.5 Å². The van der Waals surface area contributed by atoms with Crippen LogP contribution in [-0.4, -0.2) is 19.2 Å². The smallest absolute Gasteiger partial charge is 0.307 e. The Morgan fingerprint density at radius 2 is 2.33 bits per heavy atom. The van der Waals surface area contributed by atoms with E-state index in [-0.39, 0.29) is 6.61 Å². The summed E-state index contributed by atoms with van der Waals surface area (Å²) in [6, 6.07) is 1.85. The van der Waals surface area contributed by atoms with E-state index in [1.54, 1.807) is 0 Å². The lowest BCUT2D eigenvalue weighted by Crippen LogP contribution is -1.98. The zero-order chi connectivity index (χ0) is 9.40. The average Bonchev–Trinajstić information content (AvgIpc) is 2.05. The number of carbonyl (C=O) groups excluding carboxylic acids is 1. The van der Waals surface area contributed by atoms with E-state index < -0.39 is 5.97 Å². The Morgan fingerprint density at radius 3 is 2.75 bits per heavy atom. The number of hydrogen-bond donors (Lipinski definition) is 0. The zero-order valence-corrected chi connectivity index (χ0v) is 7.16. The first-order chi connectivity index (χ1) is 5.70. The molecule has 0 unspecified atom stereocenters. The summed E-state index contributed by atoms with van der Waals surface area (Å²) in [5, 5.41) is 8.48. The molecular weight excluding hydrogens is 158 g/mol. The number of rotatable bonds is 4. The third kappa shape index (κ3) is 5.45. The van der Waals surface area contributed by atoms with Gasteiger partial charge in [-0.2, -0.15) is 5.26 Å². The topological polar surface area (TPSA) is 59.3 Å². The van der Waals surface area contributed by atoms with Crippen LogP contribution in [-0.2, 0) is 14.3 Å². The number of nitrogens with zero attached hydrogens (tertiary/aromatic N) is 1. The molecule has 4 nitrogen and oxygen atoms in total. The zero-order valence-electron chi connectivity index (χ0n) is 7.16. The second-order valence-electron chi connectivity index (χ2n) is 2.00. The van der Waals surface area contributed by atoms with E-state index in [1.165, 1.54) is 6.92 Å². The van der Waals surface area contributed by atoms with Crippen LogP contribution in [0.1, 0.15) is 13.8 Å². The van der Waals surface area contributed by atoms with Crippen molar-refractivity contribution in [3.8, 4) is 6.07 Å². The molecule has 0 bridgehead atoms. The number of hydrogen-bond acceptors (Lipinski definition) is 4. The highest BCUT2D eigenvalue weighted by Crippen LogP contribution is 1.94. The van der Waals surface area contributed by atoms with Gasteiger partial charge >= 0.3 is 5.97 Å². The number of ether oxygens (including phenoxy) is 2. The first kappa shape index (κ1) is 10.7. The van der Waals surface area contributed by atoms with Crippen molar-refractivity contribution < 1.29 is 14.3 Å². The Labute approximate surface area is 71.4 Å². The molecule has 0 atom stereocenters. The molecule has 0 aromatic heterocycles. The van der Waals surface area contributed by atoms with Crippen LogP contribution < -0.4 is 0 Å². The van der Waals surface area contributed by atoms with Crippen molar-refractivity contribution in [2.75, 3.05) is 13.2 Å². The fourth-order valence-electron chi connectivity index (χ4n) is 0.459. The molecule has 0 aliphatic rings. The molecule has 0 N–H and O–H groups in total. The van der Waals surface area contributed by atoms with Crippen LogP contribution >= 0.6 is 0 Å². The average molecular weight is 169 g/mol. The largest absolute Gasteiger partial charge is 0.434 e. The van der Waals surface area contributed by atoms with Gasteiger partial charge in [0.25, 0.3) is 0 Å². The molecular formula is C8H11NO3. The van der Waals surface area contributed by atoms with E-state index in [0.717, 1.165) is 6.26 Å². The highest BCUT2D eigenvalue weighted by Gasteiger charge is 1.96. The summed E-state index contributed by atoms with van der Waals surface area (Å²) in [6.07, 6.45) is 1.11. The van der Waals surface area contributed by atoms with Gasteiger partial charge in [-0.05, 0) is 6.92 Å². The summed E-state index contributed by atoms with van der Waals surface area (Å²) in [6.45, 7) is 3.80. The molecule has 0 aromatic rings. The van der Waals surface area contributed by atoms with E-state index in [4.69, 9.17) is 10.00 Å². The molecule has 0 fully saturated rings. The molecule has 0 aliphatic heterocycles. The second kappa shape index (κ2) is 6.38. The summed E-state index contributed by atoms with van der Waals surface area (Å²) in [5.74, 6) is -0.445. The van der Waals surface area contributed by atoms with Crippen molar-refractivity contribution in [3.05, 3.63) is 11.8 Å². The number of esters is 1. The van der Waals surface area contributed by atoms with Crippen LogP contribution in [0, 0.1) is 11.3 Å². The third-order valence-corrected chi connectivity index (χ3v) is 0.972. The predicted octanol–water partition coefficient (Wildman–Crippen LogP) is 0.993. The summed E-state index contributed by atoms with van der Waals surface area (Å²) < 4.78 is 9.43. The van der Waals surface area contributed by atoms with E-state index in [1.807, 2.05) is 13.0 Å². The SMILES string of the molecule is CCOC/C(C#N)=C/OC(C)=O. The lowest BCUT2D eigenvalue weighted by atomic mass is 10.3. The third-order valence-electron chi connectivity index (χ3n) is 0.972. The van der Waals surface area contributed by atoms with Crippen molar-refractivity contribution in [3.63, 3.8) is 0 Å². The van der Waals surface area contributed by atoms with Gasteiger partial charge in [0.2, 0.25) is 0 Å². The van der Waals surface area contributed by atoms with Crippen LogP contribution in [0.5, 0.6) is 0 Å². The molecule has 0 amide bonds. The molecule has 0 saturated carbocycles. The molecule has 12 heavy (non-hydrogen) atoms. The normalized spacial score (nSPS) is 10.6. The minimum Gasteiger partial charge on any atom is -0.434 e. The van der Waals surface area contributed by atoms with Gasteiger partial charge in [-0.15, -0.1) is 0 Å². The van der Waals surface area contributed by atoms with Gasteiger partial charge in [-0.3, -0.25) is 4.79 Å². The van der Waals surface area contributed by atoms with E-state index in [0.29, 0.717) is 12.2 Å². The Balaban J connectivity index is 3.89. The van der Waals surface area contributed by atoms with E-state index in [2.05, 4.69) is 4.74 Å². The van der Waals surface area contributed by atoms with Crippen LogP contribution in [0.4, 0.5) is 0 Å². The van der Waals surface area contributed by atoms with Crippen LogP contribution in [0.3, 0.4) is 0 Å². The fourth-order valence-corrected chi connectivity index (χ4v) is 0.459. The van der Waals surface area contributed by atoms with E-state index >= 15 is 0 Å². The number of nitriles is 1. The molecule has 0 heterocycles. The molecule has 0 aliphatic carbocycles. The predicted molar refractivity (Wildman–Crippen MR) is 42.0 cm³/mol. The van der Waals surface area contributed by atoms with Crippen molar-refractivity contribution in [2.24, 2.45) is 0 Å². The van der Waals surface area contributed by atoms with Gasteiger partial charge < -0.3 is 9.47 Å². The molecule has 0 radical (unpaired) electrons. The Bertz CT molecular complexity index is 215. The Morgan fingerprint density at radius 1 is 1.67 bits per heavy atom. The molecule has 0 saturated heterocycles. The van der Waals surface area contributed by atoms with Crippen molar-refractivity contribution in [1.29, 1.82) is 5.26 Å². The minimum absolute atomic E-state index is 0.181. The first-order valence-electron chi connectivity index (χ1n) is 3.54. The fraction of sp³-hybridized carbons (Fsp3) is 0.500. The maximum Gasteiger partial charge on any atom is 0.307 e. The Hall–Kier alpha value is -1.34. The van der Waals surface area contributed by atoms with Gasteiger partial charge in [0.15, 0.2) is 0 Å². The molecule has 66 valence electrons. The first-order valence-corrected chi connectivity index (χ1v) is 3.54. The monoisotopic (exact) mass is 169 g/mol. The lowest BCUT2D eigenvalue weighted by Gasteiger charge is -1.98. The Kier molecular flexibility index (Phi) is 5.66. The molecule has 4 heteroatoms.